The Bertz CT molecular complexity index is 896. The van der Waals surface area contributed by atoms with Gasteiger partial charge in [0.05, 0.1) is 16.1 Å². The third kappa shape index (κ3) is 2.60. The minimum absolute atomic E-state index is 0.0789. The van der Waals surface area contributed by atoms with Crippen LogP contribution >= 0.6 is 11.6 Å². The van der Waals surface area contributed by atoms with E-state index in [0.717, 1.165) is 5.52 Å². The van der Waals surface area contributed by atoms with Gasteiger partial charge in [-0.3, -0.25) is 13.9 Å². The van der Waals surface area contributed by atoms with Gasteiger partial charge in [-0.2, -0.15) is 0 Å². The van der Waals surface area contributed by atoms with Crippen LogP contribution in [0.1, 0.15) is 0 Å². The number of aryl methyl sites for hydroxylation is 1. The number of halogens is 1. The second kappa shape index (κ2) is 5.65. The Morgan fingerprint density at radius 3 is 2.64 bits per heavy atom. The van der Waals surface area contributed by atoms with Crippen molar-refractivity contribution in [1.82, 2.24) is 14.1 Å². The fourth-order valence-corrected chi connectivity index (χ4v) is 2.40. The van der Waals surface area contributed by atoms with Gasteiger partial charge in [0.25, 0.3) is 0 Å². The van der Waals surface area contributed by atoms with Crippen molar-refractivity contribution in [2.75, 3.05) is 5.32 Å². The standard InChI is InChI=1S/C15H13ClN4O2/c1-19-11-4-2-3-5-12(11)20(15(19)22)9-14(21)18-13-7-6-10(16)8-17-13/h2-8H,9H2,1H3,(H,17,18,21). The molecule has 1 aromatic carbocycles. The van der Waals surface area contributed by atoms with E-state index in [1.165, 1.54) is 15.3 Å². The molecule has 0 aliphatic heterocycles. The Labute approximate surface area is 131 Å². The summed E-state index contributed by atoms with van der Waals surface area (Å²) < 4.78 is 2.95. The molecule has 0 unspecified atom stereocenters. The van der Waals surface area contributed by atoms with Gasteiger partial charge in [0, 0.05) is 13.2 Å². The predicted octanol–water partition coefficient (Wildman–Crippen LogP) is 2.03. The quantitative estimate of drug-likeness (QED) is 0.804. The first-order valence-electron chi connectivity index (χ1n) is 6.62. The van der Waals surface area contributed by atoms with Gasteiger partial charge in [-0.1, -0.05) is 23.7 Å². The zero-order valence-corrected chi connectivity index (χ0v) is 12.5. The number of para-hydroxylation sites is 2. The van der Waals surface area contributed by atoms with Crippen LogP contribution in [-0.4, -0.2) is 20.0 Å². The van der Waals surface area contributed by atoms with Crippen LogP contribution in [0.5, 0.6) is 0 Å². The Balaban J connectivity index is 1.87. The molecule has 0 radical (unpaired) electrons. The summed E-state index contributed by atoms with van der Waals surface area (Å²) in [6, 6.07) is 10.6. The lowest BCUT2D eigenvalue weighted by atomic mass is 10.3. The topological polar surface area (TPSA) is 68.9 Å². The molecule has 0 saturated carbocycles. The summed E-state index contributed by atoms with van der Waals surface area (Å²) in [5.41, 5.74) is 1.26. The number of hydrogen-bond acceptors (Lipinski definition) is 3. The Morgan fingerprint density at radius 2 is 1.95 bits per heavy atom. The van der Waals surface area contributed by atoms with Crippen molar-refractivity contribution in [2.24, 2.45) is 7.05 Å². The van der Waals surface area contributed by atoms with E-state index in [4.69, 9.17) is 11.6 Å². The van der Waals surface area contributed by atoms with E-state index >= 15 is 0 Å². The maximum Gasteiger partial charge on any atom is 0.329 e. The molecule has 2 heterocycles. The first-order chi connectivity index (χ1) is 10.6. The van der Waals surface area contributed by atoms with E-state index in [9.17, 15) is 9.59 Å². The summed E-state index contributed by atoms with van der Waals surface area (Å²) in [6.45, 7) is -0.0789. The Morgan fingerprint density at radius 1 is 1.23 bits per heavy atom. The van der Waals surface area contributed by atoms with E-state index in [-0.39, 0.29) is 18.1 Å². The summed E-state index contributed by atoms with van der Waals surface area (Å²) in [6.07, 6.45) is 1.45. The Hall–Kier alpha value is -2.60. The fraction of sp³-hybridized carbons (Fsp3) is 0.133. The lowest BCUT2D eigenvalue weighted by Gasteiger charge is -2.05. The van der Waals surface area contributed by atoms with Crippen LogP contribution in [0, 0.1) is 0 Å². The van der Waals surface area contributed by atoms with Crippen molar-refractivity contribution in [3.8, 4) is 0 Å². The van der Waals surface area contributed by atoms with E-state index < -0.39 is 0 Å². The fourth-order valence-electron chi connectivity index (χ4n) is 2.29. The molecule has 3 rings (SSSR count). The summed E-state index contributed by atoms with van der Waals surface area (Å²) in [5, 5.41) is 3.13. The van der Waals surface area contributed by atoms with Gasteiger partial charge in [0.15, 0.2) is 0 Å². The summed E-state index contributed by atoms with van der Waals surface area (Å²) >= 11 is 5.74. The van der Waals surface area contributed by atoms with Crippen molar-refractivity contribution >= 4 is 34.4 Å². The number of fused-ring (bicyclic) bond motifs is 1. The van der Waals surface area contributed by atoms with Crippen LogP contribution in [-0.2, 0) is 18.4 Å². The molecule has 7 heteroatoms. The predicted molar refractivity (Wildman–Crippen MR) is 85.1 cm³/mol. The van der Waals surface area contributed by atoms with Crippen LogP contribution in [0.25, 0.3) is 11.0 Å². The second-order valence-electron chi connectivity index (χ2n) is 4.83. The molecule has 1 amide bonds. The summed E-state index contributed by atoms with van der Waals surface area (Å²) in [5.74, 6) is 0.0657. The number of nitrogens with one attached hydrogen (secondary N) is 1. The van der Waals surface area contributed by atoms with Gasteiger partial charge in [0.2, 0.25) is 5.91 Å². The molecule has 0 spiro atoms. The zero-order chi connectivity index (χ0) is 15.7. The smallest absolute Gasteiger partial charge is 0.309 e. The van der Waals surface area contributed by atoms with Gasteiger partial charge >= 0.3 is 5.69 Å². The largest absolute Gasteiger partial charge is 0.329 e. The maximum atomic E-state index is 12.2. The molecule has 1 N–H and O–H groups in total. The third-order valence-corrected chi connectivity index (χ3v) is 3.57. The molecule has 0 fully saturated rings. The molecule has 0 atom stereocenters. The second-order valence-corrected chi connectivity index (χ2v) is 5.26. The molecule has 0 aliphatic rings. The van der Waals surface area contributed by atoms with Gasteiger partial charge in [0.1, 0.15) is 12.4 Å². The molecule has 3 aromatic rings. The minimum atomic E-state index is -0.326. The number of pyridine rings is 1. The van der Waals surface area contributed by atoms with Crippen molar-refractivity contribution in [1.29, 1.82) is 0 Å². The average Bonchev–Trinajstić information content (AvgIpc) is 2.75. The first kappa shape index (κ1) is 14.3. The lowest BCUT2D eigenvalue weighted by Crippen LogP contribution is -2.28. The normalized spacial score (nSPS) is 10.8. The number of rotatable bonds is 3. The third-order valence-electron chi connectivity index (χ3n) is 3.35. The molecule has 112 valence electrons. The number of carbonyl (C=O) groups excluding carboxylic acids is 1. The molecule has 22 heavy (non-hydrogen) atoms. The number of anilines is 1. The summed E-state index contributed by atoms with van der Waals surface area (Å²) in [7, 11) is 1.68. The van der Waals surface area contributed by atoms with Crippen molar-refractivity contribution < 1.29 is 4.79 Å². The number of nitrogens with zero attached hydrogens (tertiary/aromatic N) is 3. The lowest BCUT2D eigenvalue weighted by molar-refractivity contribution is -0.116. The molecular weight excluding hydrogens is 304 g/mol. The number of aromatic nitrogens is 3. The van der Waals surface area contributed by atoms with Crippen LogP contribution in [0.2, 0.25) is 5.02 Å². The van der Waals surface area contributed by atoms with Crippen LogP contribution < -0.4 is 11.0 Å². The number of carbonyl (C=O) groups is 1. The van der Waals surface area contributed by atoms with E-state index in [1.54, 1.807) is 19.2 Å². The van der Waals surface area contributed by atoms with Crippen LogP contribution in [0.15, 0.2) is 47.4 Å². The van der Waals surface area contributed by atoms with Gasteiger partial charge in [-0.05, 0) is 24.3 Å². The highest BCUT2D eigenvalue weighted by Crippen LogP contribution is 2.12. The Kier molecular flexibility index (Phi) is 3.68. The van der Waals surface area contributed by atoms with Gasteiger partial charge in [-0.25, -0.2) is 9.78 Å². The van der Waals surface area contributed by atoms with Crippen LogP contribution in [0.3, 0.4) is 0 Å². The minimum Gasteiger partial charge on any atom is -0.309 e. The van der Waals surface area contributed by atoms with Crippen molar-refractivity contribution in [3.05, 3.63) is 58.1 Å². The highest BCUT2D eigenvalue weighted by molar-refractivity contribution is 6.30. The molecule has 6 nitrogen and oxygen atoms in total. The van der Waals surface area contributed by atoms with Crippen molar-refractivity contribution in [3.63, 3.8) is 0 Å². The highest BCUT2D eigenvalue weighted by Gasteiger charge is 2.13. The molecule has 2 aromatic heterocycles. The SMILES string of the molecule is Cn1c(=O)n(CC(=O)Nc2ccc(Cl)cn2)c2ccccc21. The molecule has 0 aliphatic carbocycles. The number of imidazole rings is 1. The first-order valence-corrected chi connectivity index (χ1v) is 7.00. The number of benzene rings is 1. The summed E-state index contributed by atoms with van der Waals surface area (Å²) in [4.78, 5) is 28.3. The van der Waals surface area contributed by atoms with Gasteiger partial charge in [-0.15, -0.1) is 0 Å². The molecule has 0 saturated heterocycles. The van der Waals surface area contributed by atoms with Gasteiger partial charge < -0.3 is 5.32 Å². The molecular formula is C15H13ClN4O2. The highest BCUT2D eigenvalue weighted by atomic mass is 35.5. The maximum absolute atomic E-state index is 12.2. The van der Waals surface area contributed by atoms with Crippen LogP contribution in [0.4, 0.5) is 5.82 Å². The molecule has 0 bridgehead atoms. The van der Waals surface area contributed by atoms with E-state index in [2.05, 4.69) is 10.3 Å². The van der Waals surface area contributed by atoms with E-state index in [1.807, 2.05) is 24.3 Å². The average molecular weight is 317 g/mol. The van der Waals surface area contributed by atoms with Crippen molar-refractivity contribution in [2.45, 2.75) is 6.54 Å². The number of hydrogen-bond donors (Lipinski definition) is 1. The zero-order valence-electron chi connectivity index (χ0n) is 11.8. The number of amides is 1. The van der Waals surface area contributed by atoms with E-state index in [0.29, 0.717) is 16.4 Å². The monoisotopic (exact) mass is 316 g/mol.